The van der Waals surface area contributed by atoms with Crippen LogP contribution in [0.3, 0.4) is 0 Å². The highest BCUT2D eigenvalue weighted by atomic mass is 16.3. The third kappa shape index (κ3) is 4.12. The second-order valence-electron chi connectivity index (χ2n) is 5.05. The minimum Gasteiger partial charge on any atom is -0.390 e. The molecule has 0 spiro atoms. The van der Waals surface area contributed by atoms with E-state index < -0.39 is 5.60 Å². The van der Waals surface area contributed by atoms with Gasteiger partial charge in [-0.05, 0) is 32.6 Å². The summed E-state index contributed by atoms with van der Waals surface area (Å²) in [5.41, 5.74) is -0.454. The van der Waals surface area contributed by atoms with Crippen molar-refractivity contribution in [1.29, 1.82) is 0 Å². The van der Waals surface area contributed by atoms with Crippen molar-refractivity contribution in [3.8, 4) is 0 Å². The molecular formula is C12H24O. The maximum atomic E-state index is 9.95. The van der Waals surface area contributed by atoms with E-state index in [-0.39, 0.29) is 0 Å². The third-order valence-electron chi connectivity index (χ3n) is 3.35. The summed E-state index contributed by atoms with van der Waals surface area (Å²) >= 11 is 0. The van der Waals surface area contributed by atoms with Crippen molar-refractivity contribution in [1.82, 2.24) is 0 Å². The lowest BCUT2D eigenvalue weighted by Gasteiger charge is -2.29. The summed E-state index contributed by atoms with van der Waals surface area (Å²) in [6, 6.07) is 0. The predicted octanol–water partition coefficient (Wildman–Crippen LogP) is 3.51. The average molecular weight is 184 g/mol. The molecule has 1 fully saturated rings. The van der Waals surface area contributed by atoms with Gasteiger partial charge in [0.2, 0.25) is 0 Å². The largest absolute Gasteiger partial charge is 0.390 e. The van der Waals surface area contributed by atoms with Crippen molar-refractivity contribution in [2.24, 2.45) is 5.92 Å². The molecule has 0 heterocycles. The molecule has 0 aliphatic heterocycles. The highest BCUT2D eigenvalue weighted by Crippen LogP contribution is 2.29. The number of aliphatic hydroxyl groups is 1. The topological polar surface area (TPSA) is 20.2 Å². The van der Waals surface area contributed by atoms with Gasteiger partial charge in [0.05, 0.1) is 5.60 Å². The first-order valence-electron chi connectivity index (χ1n) is 5.83. The number of hydrogen-bond donors (Lipinski definition) is 1. The van der Waals surface area contributed by atoms with E-state index in [1.807, 2.05) is 13.8 Å². The van der Waals surface area contributed by atoms with E-state index >= 15 is 0 Å². The smallest absolute Gasteiger partial charge is 0.0619 e. The zero-order valence-electron chi connectivity index (χ0n) is 9.18. The Bertz CT molecular complexity index is 125. The van der Waals surface area contributed by atoms with Crippen molar-refractivity contribution in [3.63, 3.8) is 0 Å². The molecule has 1 N–H and O–H groups in total. The predicted molar refractivity (Wildman–Crippen MR) is 56.7 cm³/mol. The van der Waals surface area contributed by atoms with E-state index in [1.54, 1.807) is 0 Å². The molecule has 0 aromatic heterocycles. The van der Waals surface area contributed by atoms with Crippen molar-refractivity contribution in [2.75, 3.05) is 0 Å². The van der Waals surface area contributed by atoms with Crippen LogP contribution in [0.5, 0.6) is 0 Å². The maximum Gasteiger partial charge on any atom is 0.0619 e. The first-order chi connectivity index (χ1) is 6.11. The average Bonchev–Trinajstić information content (AvgIpc) is 2.14. The van der Waals surface area contributed by atoms with Gasteiger partial charge in [-0.2, -0.15) is 0 Å². The molecule has 0 aromatic carbocycles. The van der Waals surface area contributed by atoms with Crippen LogP contribution in [0.2, 0.25) is 0 Å². The number of hydrogen-bond acceptors (Lipinski definition) is 1. The molecule has 1 saturated carbocycles. The van der Waals surface area contributed by atoms with Crippen LogP contribution in [0, 0.1) is 5.92 Å². The number of rotatable bonds is 1. The Kier molecular flexibility index (Phi) is 4.24. The van der Waals surface area contributed by atoms with Gasteiger partial charge < -0.3 is 5.11 Å². The lowest BCUT2D eigenvalue weighted by atomic mass is 9.83. The van der Waals surface area contributed by atoms with Crippen molar-refractivity contribution < 1.29 is 5.11 Å². The minimum absolute atomic E-state index is 0.454. The standard InChI is InChI=1S/C12H24O/c1-12(2,13)11-9-7-5-3-4-6-8-10-11/h11,13H,3-10H2,1-2H3. The van der Waals surface area contributed by atoms with Crippen LogP contribution < -0.4 is 0 Å². The highest BCUT2D eigenvalue weighted by molar-refractivity contribution is 4.77. The molecule has 0 aromatic rings. The molecule has 1 aliphatic rings. The summed E-state index contributed by atoms with van der Waals surface area (Å²) in [5.74, 6) is 0.533. The fourth-order valence-electron chi connectivity index (χ4n) is 2.34. The van der Waals surface area contributed by atoms with Gasteiger partial charge in [0.15, 0.2) is 0 Å². The Balaban J connectivity index is 2.41. The SMILES string of the molecule is CC(C)(O)C1CCCCCCCC1. The summed E-state index contributed by atoms with van der Waals surface area (Å²) in [5, 5.41) is 9.95. The second-order valence-corrected chi connectivity index (χ2v) is 5.05. The van der Waals surface area contributed by atoms with Crippen molar-refractivity contribution >= 4 is 0 Å². The van der Waals surface area contributed by atoms with Gasteiger partial charge in [0.1, 0.15) is 0 Å². The fourth-order valence-corrected chi connectivity index (χ4v) is 2.34. The van der Waals surface area contributed by atoms with Crippen LogP contribution in [0.1, 0.15) is 65.2 Å². The first-order valence-corrected chi connectivity index (χ1v) is 5.83. The third-order valence-corrected chi connectivity index (χ3v) is 3.35. The Morgan fingerprint density at radius 3 is 1.62 bits per heavy atom. The van der Waals surface area contributed by atoms with Gasteiger partial charge in [-0.15, -0.1) is 0 Å². The molecule has 0 amide bonds. The van der Waals surface area contributed by atoms with E-state index in [0.29, 0.717) is 5.92 Å². The summed E-state index contributed by atoms with van der Waals surface area (Å²) in [4.78, 5) is 0. The van der Waals surface area contributed by atoms with Gasteiger partial charge in [-0.25, -0.2) is 0 Å². The quantitative estimate of drug-likeness (QED) is 0.661. The molecule has 1 heteroatoms. The maximum absolute atomic E-state index is 9.95. The second kappa shape index (κ2) is 4.99. The normalized spacial score (nSPS) is 23.3. The molecule has 1 nitrogen and oxygen atoms in total. The minimum atomic E-state index is -0.454. The molecule has 0 radical (unpaired) electrons. The van der Waals surface area contributed by atoms with Crippen LogP contribution in [-0.2, 0) is 0 Å². The first kappa shape index (κ1) is 11.0. The molecule has 78 valence electrons. The molecule has 0 unspecified atom stereocenters. The monoisotopic (exact) mass is 184 g/mol. The summed E-state index contributed by atoms with van der Waals surface area (Å²) in [7, 11) is 0. The van der Waals surface area contributed by atoms with E-state index in [9.17, 15) is 5.11 Å². The molecular weight excluding hydrogens is 160 g/mol. The van der Waals surface area contributed by atoms with Gasteiger partial charge in [0.25, 0.3) is 0 Å². The summed E-state index contributed by atoms with van der Waals surface area (Å²) in [6.45, 7) is 3.94. The van der Waals surface area contributed by atoms with Crippen LogP contribution in [0.15, 0.2) is 0 Å². The van der Waals surface area contributed by atoms with E-state index in [0.717, 1.165) is 0 Å². The Labute approximate surface area is 82.5 Å². The van der Waals surface area contributed by atoms with Crippen LogP contribution >= 0.6 is 0 Å². The van der Waals surface area contributed by atoms with E-state index in [4.69, 9.17) is 0 Å². The molecule has 0 saturated heterocycles. The van der Waals surface area contributed by atoms with E-state index in [1.165, 1.54) is 51.4 Å². The Morgan fingerprint density at radius 1 is 0.846 bits per heavy atom. The Morgan fingerprint density at radius 2 is 1.23 bits per heavy atom. The molecule has 1 aliphatic carbocycles. The molecule has 0 atom stereocenters. The van der Waals surface area contributed by atoms with Gasteiger partial charge >= 0.3 is 0 Å². The van der Waals surface area contributed by atoms with Gasteiger partial charge in [0, 0.05) is 0 Å². The summed E-state index contributed by atoms with van der Waals surface area (Å²) < 4.78 is 0. The molecule has 1 rings (SSSR count). The van der Waals surface area contributed by atoms with Crippen molar-refractivity contribution in [3.05, 3.63) is 0 Å². The van der Waals surface area contributed by atoms with Crippen LogP contribution in [0.25, 0.3) is 0 Å². The van der Waals surface area contributed by atoms with Gasteiger partial charge in [-0.3, -0.25) is 0 Å². The van der Waals surface area contributed by atoms with Crippen LogP contribution in [0.4, 0.5) is 0 Å². The van der Waals surface area contributed by atoms with Crippen molar-refractivity contribution in [2.45, 2.75) is 70.8 Å². The highest BCUT2D eigenvalue weighted by Gasteiger charge is 2.25. The fraction of sp³-hybridized carbons (Fsp3) is 1.00. The zero-order valence-corrected chi connectivity index (χ0v) is 9.18. The lowest BCUT2D eigenvalue weighted by molar-refractivity contribution is 0.00796. The Hall–Kier alpha value is -0.0400. The summed E-state index contributed by atoms with van der Waals surface area (Å²) in [6.07, 6.45) is 10.6. The molecule has 13 heavy (non-hydrogen) atoms. The molecule has 0 bridgehead atoms. The zero-order chi connectivity index (χ0) is 9.73. The van der Waals surface area contributed by atoms with E-state index in [2.05, 4.69) is 0 Å². The van der Waals surface area contributed by atoms with Gasteiger partial charge in [-0.1, -0.05) is 38.5 Å². The lowest BCUT2D eigenvalue weighted by Crippen LogP contribution is -2.30. The van der Waals surface area contributed by atoms with Crippen LogP contribution in [-0.4, -0.2) is 10.7 Å².